The molecule has 1 aromatic carbocycles. The Morgan fingerprint density at radius 3 is 3.00 bits per heavy atom. The van der Waals surface area contributed by atoms with E-state index in [-0.39, 0.29) is 5.97 Å². The van der Waals surface area contributed by atoms with Gasteiger partial charge in [0.05, 0.1) is 18.5 Å². The van der Waals surface area contributed by atoms with E-state index in [9.17, 15) is 4.79 Å². The summed E-state index contributed by atoms with van der Waals surface area (Å²) in [5.74, 6) is 0.190. The van der Waals surface area contributed by atoms with Gasteiger partial charge in [0, 0.05) is 28.4 Å². The molecule has 0 spiro atoms. The van der Waals surface area contributed by atoms with Crippen LogP contribution in [0.2, 0.25) is 5.02 Å². The summed E-state index contributed by atoms with van der Waals surface area (Å²) in [5.41, 5.74) is 7.84. The highest BCUT2D eigenvalue weighted by Gasteiger charge is 2.17. The number of anilines is 1. The van der Waals surface area contributed by atoms with Crippen molar-refractivity contribution in [1.82, 2.24) is 9.78 Å². The highest BCUT2D eigenvalue weighted by molar-refractivity contribution is 7.98. The molecule has 112 valence electrons. The molecule has 0 amide bonds. The van der Waals surface area contributed by atoms with Crippen LogP contribution in [0.5, 0.6) is 0 Å². The average Bonchev–Trinajstić information content (AvgIpc) is 2.81. The first-order valence-electron chi connectivity index (χ1n) is 6.38. The van der Waals surface area contributed by atoms with E-state index >= 15 is 0 Å². The van der Waals surface area contributed by atoms with Gasteiger partial charge in [0.1, 0.15) is 5.56 Å². The van der Waals surface area contributed by atoms with Crippen molar-refractivity contribution in [3.05, 3.63) is 40.7 Å². The van der Waals surface area contributed by atoms with Crippen molar-refractivity contribution in [3.63, 3.8) is 0 Å². The number of thioether (sulfide) groups is 1. The molecule has 0 aliphatic carbocycles. The van der Waals surface area contributed by atoms with Crippen LogP contribution in [0.1, 0.15) is 23.0 Å². The lowest BCUT2D eigenvalue weighted by molar-refractivity contribution is 0.0525. The molecule has 0 atom stereocenters. The van der Waals surface area contributed by atoms with E-state index in [0.29, 0.717) is 28.6 Å². The van der Waals surface area contributed by atoms with Crippen LogP contribution < -0.4 is 5.73 Å². The predicted octanol–water partition coefficient (Wildman–Crippen LogP) is 3.12. The van der Waals surface area contributed by atoms with Crippen molar-refractivity contribution in [2.75, 3.05) is 12.3 Å². The molecule has 0 fully saturated rings. The Balaban J connectivity index is 2.18. The van der Waals surface area contributed by atoms with E-state index in [0.717, 1.165) is 10.6 Å². The Morgan fingerprint density at radius 2 is 2.29 bits per heavy atom. The molecule has 2 rings (SSSR count). The van der Waals surface area contributed by atoms with Crippen molar-refractivity contribution >= 4 is 35.0 Å². The smallest absolute Gasteiger partial charge is 0.341 e. The first kappa shape index (κ1) is 15.7. The molecular weight excluding hydrogens is 310 g/mol. The summed E-state index contributed by atoms with van der Waals surface area (Å²) in [4.78, 5) is 12.8. The number of hydrogen-bond donors (Lipinski definition) is 1. The lowest BCUT2D eigenvalue weighted by atomic mass is 10.3. The van der Waals surface area contributed by atoms with E-state index in [4.69, 9.17) is 22.1 Å². The van der Waals surface area contributed by atoms with Gasteiger partial charge in [0.15, 0.2) is 0 Å². The Kier molecular flexibility index (Phi) is 5.14. The first-order chi connectivity index (χ1) is 10.0. The van der Waals surface area contributed by atoms with Crippen LogP contribution in [0.15, 0.2) is 29.3 Å². The monoisotopic (exact) mass is 325 g/mol. The van der Waals surface area contributed by atoms with Gasteiger partial charge in [-0.15, -0.1) is 11.8 Å². The number of aryl methyl sites for hydroxylation is 1. The highest BCUT2D eigenvalue weighted by Crippen LogP contribution is 2.31. The lowest BCUT2D eigenvalue weighted by Gasteiger charge is -2.08. The second-order valence-corrected chi connectivity index (χ2v) is 5.77. The number of hydrogen-bond acceptors (Lipinski definition) is 5. The number of halogens is 1. The summed E-state index contributed by atoms with van der Waals surface area (Å²) in [7, 11) is 1.79. The number of nitrogens with two attached hydrogens (primary N) is 1. The largest absolute Gasteiger partial charge is 0.462 e. The van der Waals surface area contributed by atoms with Crippen LogP contribution in [0.25, 0.3) is 0 Å². The number of nitrogen functional groups attached to an aromatic ring is 1. The Bertz CT molecular complexity index is 658. The number of rotatable bonds is 5. The predicted molar refractivity (Wildman–Crippen MR) is 84.6 cm³/mol. The third kappa shape index (κ3) is 3.71. The third-order valence-corrected chi connectivity index (χ3v) is 4.21. The minimum atomic E-state index is -0.361. The van der Waals surface area contributed by atoms with Crippen LogP contribution in [-0.4, -0.2) is 22.4 Å². The quantitative estimate of drug-likeness (QED) is 0.519. The number of nitrogens with zero attached hydrogens (tertiary/aromatic N) is 2. The SMILES string of the molecule is CCOC(=O)c1cnn(C)c1CSc1cc(Cl)ccc1N. The third-order valence-electron chi connectivity index (χ3n) is 2.90. The van der Waals surface area contributed by atoms with Gasteiger partial charge in [-0.25, -0.2) is 4.79 Å². The zero-order valence-electron chi connectivity index (χ0n) is 11.8. The summed E-state index contributed by atoms with van der Waals surface area (Å²) in [5, 5.41) is 4.74. The molecule has 21 heavy (non-hydrogen) atoms. The number of carbonyl (C=O) groups is 1. The number of esters is 1. The maximum Gasteiger partial charge on any atom is 0.341 e. The van der Waals surface area contributed by atoms with Crippen molar-refractivity contribution < 1.29 is 9.53 Å². The zero-order chi connectivity index (χ0) is 15.4. The Hall–Kier alpha value is -1.66. The van der Waals surface area contributed by atoms with Crippen LogP contribution in [0, 0.1) is 0 Å². The van der Waals surface area contributed by atoms with E-state index in [2.05, 4.69) is 5.10 Å². The Labute approximate surface area is 132 Å². The fourth-order valence-electron chi connectivity index (χ4n) is 1.79. The van der Waals surface area contributed by atoms with Gasteiger partial charge in [-0.1, -0.05) is 11.6 Å². The van der Waals surface area contributed by atoms with Gasteiger partial charge in [-0.3, -0.25) is 4.68 Å². The zero-order valence-corrected chi connectivity index (χ0v) is 13.4. The molecule has 0 radical (unpaired) electrons. The molecule has 1 heterocycles. The maximum absolute atomic E-state index is 11.9. The molecule has 2 N–H and O–H groups in total. The fourth-order valence-corrected chi connectivity index (χ4v) is 3.11. The van der Waals surface area contributed by atoms with Crippen molar-refractivity contribution in [1.29, 1.82) is 0 Å². The number of ether oxygens (including phenoxy) is 1. The molecule has 0 bridgehead atoms. The van der Waals surface area contributed by atoms with Gasteiger partial charge in [0.25, 0.3) is 0 Å². The number of aromatic nitrogens is 2. The minimum Gasteiger partial charge on any atom is -0.462 e. The van der Waals surface area contributed by atoms with Gasteiger partial charge >= 0.3 is 5.97 Å². The minimum absolute atomic E-state index is 0.335. The molecule has 0 aliphatic heterocycles. The molecule has 2 aromatic rings. The van der Waals surface area contributed by atoms with Crippen molar-refractivity contribution in [3.8, 4) is 0 Å². The second-order valence-electron chi connectivity index (χ2n) is 4.32. The highest BCUT2D eigenvalue weighted by atomic mass is 35.5. The van der Waals surface area contributed by atoms with Crippen LogP contribution in [0.3, 0.4) is 0 Å². The number of benzene rings is 1. The second kappa shape index (κ2) is 6.87. The summed E-state index contributed by atoms with van der Waals surface area (Å²) >= 11 is 7.48. The maximum atomic E-state index is 11.9. The average molecular weight is 326 g/mol. The topological polar surface area (TPSA) is 70.1 Å². The van der Waals surface area contributed by atoms with Crippen molar-refractivity contribution in [2.45, 2.75) is 17.6 Å². The normalized spacial score (nSPS) is 10.6. The van der Waals surface area contributed by atoms with Crippen LogP contribution in [0.4, 0.5) is 5.69 Å². The fraction of sp³-hybridized carbons (Fsp3) is 0.286. The summed E-state index contributed by atoms with van der Waals surface area (Å²) in [6.07, 6.45) is 1.52. The molecule has 1 aromatic heterocycles. The molecule has 0 saturated carbocycles. The molecule has 7 heteroatoms. The Morgan fingerprint density at radius 1 is 1.52 bits per heavy atom. The van der Waals surface area contributed by atoms with Gasteiger partial charge < -0.3 is 10.5 Å². The lowest BCUT2D eigenvalue weighted by Crippen LogP contribution is -2.08. The molecular formula is C14H16ClN3O2S. The number of carbonyl (C=O) groups excluding carboxylic acids is 1. The summed E-state index contributed by atoms with van der Waals surface area (Å²) in [6, 6.07) is 5.32. The first-order valence-corrected chi connectivity index (χ1v) is 7.75. The van der Waals surface area contributed by atoms with Crippen molar-refractivity contribution in [2.24, 2.45) is 7.05 Å². The summed E-state index contributed by atoms with van der Waals surface area (Å²) < 4.78 is 6.70. The standard InChI is InChI=1S/C14H16ClN3O2S/c1-3-20-14(19)10-7-17-18(2)12(10)8-21-13-6-9(15)4-5-11(13)16/h4-7H,3,8,16H2,1-2H3. The molecule has 0 unspecified atom stereocenters. The summed E-state index contributed by atoms with van der Waals surface area (Å²) in [6.45, 7) is 2.11. The van der Waals surface area contributed by atoms with Crippen LogP contribution in [-0.2, 0) is 17.5 Å². The van der Waals surface area contributed by atoms with E-state index in [1.807, 2.05) is 6.07 Å². The van der Waals surface area contributed by atoms with E-state index in [1.54, 1.807) is 30.8 Å². The van der Waals surface area contributed by atoms with Crippen LogP contribution >= 0.6 is 23.4 Å². The van der Waals surface area contributed by atoms with Gasteiger partial charge in [-0.2, -0.15) is 5.10 Å². The van der Waals surface area contributed by atoms with E-state index in [1.165, 1.54) is 18.0 Å². The molecule has 0 aliphatic rings. The van der Waals surface area contributed by atoms with Gasteiger partial charge in [-0.05, 0) is 25.1 Å². The van der Waals surface area contributed by atoms with E-state index < -0.39 is 0 Å². The molecule has 5 nitrogen and oxygen atoms in total. The molecule has 0 saturated heterocycles. The van der Waals surface area contributed by atoms with Gasteiger partial charge in [0.2, 0.25) is 0 Å².